The van der Waals surface area contributed by atoms with Crippen LogP contribution >= 0.6 is 0 Å². The lowest BCUT2D eigenvalue weighted by molar-refractivity contribution is 0.0665. The van der Waals surface area contributed by atoms with Gasteiger partial charge in [0, 0.05) is 5.69 Å². The molecule has 1 aromatic carbocycles. The molecular weight excluding hydrogens is 176 g/mol. The average Bonchev–Trinajstić information content (AvgIpc) is 2.64. The molecule has 1 atom stereocenters. The number of benzene rings is 1. The first-order valence-electron chi connectivity index (χ1n) is 3.98. The molecular formula is C9H9F2NO. The summed E-state index contributed by atoms with van der Waals surface area (Å²) in [7, 11) is 0. The lowest BCUT2D eigenvalue weighted by atomic mass is 10.3. The predicted octanol–water partition coefficient (Wildman–Crippen LogP) is 2.06. The number of nitrogens with two attached hydrogens (primary N) is 1. The molecule has 2 nitrogen and oxygen atoms in total. The minimum Gasteiger partial charge on any atom is -0.484 e. The normalized spacial score (nSPS) is 24.0. The van der Waals surface area contributed by atoms with Crippen molar-refractivity contribution in [2.24, 2.45) is 0 Å². The fourth-order valence-corrected chi connectivity index (χ4v) is 1.03. The molecule has 70 valence electrons. The van der Waals surface area contributed by atoms with Gasteiger partial charge in [0.2, 0.25) is 0 Å². The van der Waals surface area contributed by atoms with E-state index in [4.69, 9.17) is 10.5 Å². The fraction of sp³-hybridized carbons (Fsp3) is 0.333. The minimum atomic E-state index is -2.64. The van der Waals surface area contributed by atoms with Crippen molar-refractivity contribution in [3.63, 3.8) is 0 Å². The molecule has 0 radical (unpaired) electrons. The van der Waals surface area contributed by atoms with Gasteiger partial charge in [0.05, 0.1) is 6.42 Å². The highest BCUT2D eigenvalue weighted by Gasteiger charge is 2.59. The van der Waals surface area contributed by atoms with Crippen molar-refractivity contribution in [3.05, 3.63) is 24.3 Å². The molecule has 0 bridgehead atoms. The smallest absolute Gasteiger partial charge is 0.288 e. The van der Waals surface area contributed by atoms with Crippen molar-refractivity contribution in [3.8, 4) is 5.75 Å². The van der Waals surface area contributed by atoms with Crippen LogP contribution in [0.2, 0.25) is 0 Å². The van der Waals surface area contributed by atoms with Gasteiger partial charge < -0.3 is 10.5 Å². The summed E-state index contributed by atoms with van der Waals surface area (Å²) in [5.41, 5.74) is 6.02. The Hall–Kier alpha value is -1.32. The largest absolute Gasteiger partial charge is 0.484 e. The summed E-state index contributed by atoms with van der Waals surface area (Å²) in [6, 6.07) is 6.42. The van der Waals surface area contributed by atoms with E-state index in [0.717, 1.165) is 0 Å². The van der Waals surface area contributed by atoms with Gasteiger partial charge in [-0.2, -0.15) is 0 Å². The van der Waals surface area contributed by atoms with Crippen LogP contribution in [-0.4, -0.2) is 12.0 Å². The number of anilines is 1. The van der Waals surface area contributed by atoms with Crippen LogP contribution in [0.1, 0.15) is 6.42 Å². The quantitative estimate of drug-likeness (QED) is 0.715. The van der Waals surface area contributed by atoms with Crippen molar-refractivity contribution < 1.29 is 13.5 Å². The van der Waals surface area contributed by atoms with E-state index in [2.05, 4.69) is 0 Å². The molecule has 0 aliphatic heterocycles. The van der Waals surface area contributed by atoms with Crippen LogP contribution in [0.5, 0.6) is 5.75 Å². The third-order valence-electron chi connectivity index (χ3n) is 1.93. The zero-order valence-corrected chi connectivity index (χ0v) is 6.84. The number of halogens is 2. The molecule has 2 N–H and O–H groups in total. The second kappa shape index (κ2) is 2.58. The summed E-state index contributed by atoms with van der Waals surface area (Å²) in [6.45, 7) is 0. The molecule has 1 aromatic rings. The number of nitrogen functional groups attached to an aromatic ring is 1. The highest BCUT2D eigenvalue weighted by molar-refractivity contribution is 5.41. The van der Waals surface area contributed by atoms with Crippen LogP contribution in [0.25, 0.3) is 0 Å². The molecule has 1 aliphatic rings. The summed E-state index contributed by atoms with van der Waals surface area (Å²) >= 11 is 0. The lowest BCUT2D eigenvalue weighted by Gasteiger charge is -2.04. The Morgan fingerprint density at radius 2 is 1.85 bits per heavy atom. The first-order chi connectivity index (χ1) is 6.08. The van der Waals surface area contributed by atoms with Crippen LogP contribution in [0, 0.1) is 0 Å². The van der Waals surface area contributed by atoms with E-state index in [1.807, 2.05) is 0 Å². The van der Waals surface area contributed by atoms with E-state index >= 15 is 0 Å². The number of ether oxygens (including phenoxy) is 1. The van der Waals surface area contributed by atoms with Gasteiger partial charge in [-0.05, 0) is 24.3 Å². The summed E-state index contributed by atoms with van der Waals surface area (Å²) in [4.78, 5) is 0. The summed E-state index contributed by atoms with van der Waals surface area (Å²) in [5, 5.41) is 0. The first kappa shape index (κ1) is 8.29. The monoisotopic (exact) mass is 185 g/mol. The topological polar surface area (TPSA) is 35.2 Å². The van der Waals surface area contributed by atoms with Crippen molar-refractivity contribution in [1.29, 1.82) is 0 Å². The third kappa shape index (κ3) is 1.71. The van der Waals surface area contributed by atoms with E-state index in [1.165, 1.54) is 0 Å². The van der Waals surface area contributed by atoms with Gasteiger partial charge in [0.25, 0.3) is 5.92 Å². The number of hydrogen-bond acceptors (Lipinski definition) is 2. The molecule has 1 aliphatic carbocycles. The standard InChI is InChI=1S/C9H9F2NO/c10-9(11)5-8(9)13-7-3-1-6(12)2-4-7/h1-4,8H,5,12H2. The summed E-state index contributed by atoms with van der Waals surface area (Å²) in [6.07, 6.45) is -1.13. The third-order valence-corrected chi connectivity index (χ3v) is 1.93. The Balaban J connectivity index is 2.00. The second-order valence-electron chi connectivity index (χ2n) is 3.14. The Labute approximate surface area is 74.3 Å². The van der Waals surface area contributed by atoms with Gasteiger partial charge in [0.1, 0.15) is 5.75 Å². The van der Waals surface area contributed by atoms with Gasteiger partial charge >= 0.3 is 0 Å². The number of alkyl halides is 2. The van der Waals surface area contributed by atoms with Crippen LogP contribution in [0.4, 0.5) is 14.5 Å². The molecule has 1 fully saturated rings. The highest BCUT2D eigenvalue weighted by Crippen LogP contribution is 2.44. The Kier molecular flexibility index (Phi) is 1.65. The summed E-state index contributed by atoms with van der Waals surface area (Å²) in [5.74, 6) is -2.20. The van der Waals surface area contributed by atoms with E-state index in [1.54, 1.807) is 24.3 Å². The molecule has 2 rings (SSSR count). The lowest BCUT2D eigenvalue weighted by Crippen LogP contribution is -2.06. The zero-order valence-electron chi connectivity index (χ0n) is 6.84. The van der Waals surface area contributed by atoms with E-state index < -0.39 is 12.0 Å². The van der Waals surface area contributed by atoms with Crippen LogP contribution in [0.3, 0.4) is 0 Å². The SMILES string of the molecule is Nc1ccc(OC2CC2(F)F)cc1. The maximum Gasteiger partial charge on any atom is 0.288 e. The van der Waals surface area contributed by atoms with Gasteiger partial charge in [-0.3, -0.25) is 0 Å². The van der Waals surface area contributed by atoms with Crippen LogP contribution in [0.15, 0.2) is 24.3 Å². The maximum absolute atomic E-state index is 12.4. The minimum absolute atomic E-state index is 0.183. The molecule has 0 aromatic heterocycles. The van der Waals surface area contributed by atoms with Crippen LogP contribution in [-0.2, 0) is 0 Å². The van der Waals surface area contributed by atoms with Crippen molar-refractivity contribution >= 4 is 5.69 Å². The van der Waals surface area contributed by atoms with Crippen LogP contribution < -0.4 is 10.5 Å². The zero-order chi connectivity index (χ0) is 9.47. The number of hydrogen-bond donors (Lipinski definition) is 1. The Morgan fingerprint density at radius 3 is 2.31 bits per heavy atom. The predicted molar refractivity (Wildman–Crippen MR) is 44.8 cm³/mol. The first-order valence-corrected chi connectivity index (χ1v) is 3.98. The van der Waals surface area contributed by atoms with E-state index in [-0.39, 0.29) is 6.42 Å². The molecule has 0 amide bonds. The molecule has 1 saturated carbocycles. The van der Waals surface area contributed by atoms with Crippen molar-refractivity contribution in [1.82, 2.24) is 0 Å². The molecule has 4 heteroatoms. The maximum atomic E-state index is 12.4. The molecule has 0 heterocycles. The summed E-state index contributed by atoms with van der Waals surface area (Å²) < 4.78 is 29.8. The molecule has 0 saturated heterocycles. The van der Waals surface area contributed by atoms with Gasteiger partial charge in [-0.1, -0.05) is 0 Å². The van der Waals surface area contributed by atoms with E-state index in [0.29, 0.717) is 11.4 Å². The van der Waals surface area contributed by atoms with Gasteiger partial charge in [-0.15, -0.1) is 0 Å². The molecule has 0 spiro atoms. The van der Waals surface area contributed by atoms with Gasteiger partial charge in [0.15, 0.2) is 6.10 Å². The molecule has 1 unspecified atom stereocenters. The van der Waals surface area contributed by atoms with Gasteiger partial charge in [-0.25, -0.2) is 8.78 Å². The molecule has 13 heavy (non-hydrogen) atoms. The van der Waals surface area contributed by atoms with Crippen molar-refractivity contribution in [2.75, 3.05) is 5.73 Å². The highest BCUT2D eigenvalue weighted by atomic mass is 19.3. The Bertz CT molecular complexity index is 310. The number of rotatable bonds is 2. The Morgan fingerprint density at radius 1 is 1.31 bits per heavy atom. The van der Waals surface area contributed by atoms with Crippen molar-refractivity contribution in [2.45, 2.75) is 18.4 Å². The second-order valence-corrected chi connectivity index (χ2v) is 3.14. The van der Waals surface area contributed by atoms with E-state index in [9.17, 15) is 8.78 Å². The average molecular weight is 185 g/mol. The fourth-order valence-electron chi connectivity index (χ4n) is 1.03.